The average Bonchev–Trinajstić information content (AvgIpc) is 2.78. The van der Waals surface area contributed by atoms with Gasteiger partial charge in [-0.2, -0.15) is 0 Å². The molecule has 0 aromatic heterocycles. The van der Waals surface area contributed by atoms with Crippen molar-refractivity contribution in [2.75, 3.05) is 11.9 Å². The molecule has 2 unspecified atom stereocenters. The standard InChI is InChI=1S/C14H16BrFN2O3/c1-7-3-4-18(12(7)13(19)20)14(21)17-11-6-9(15)10(16)5-8(11)2/h5-7,12H,3-4H2,1-2H3,(H,17,21)(H,19,20). The number of benzene rings is 1. The Morgan fingerprint density at radius 2 is 2.14 bits per heavy atom. The molecule has 1 heterocycles. The molecule has 0 spiro atoms. The Labute approximate surface area is 130 Å². The van der Waals surface area contributed by atoms with Crippen molar-refractivity contribution in [1.82, 2.24) is 4.90 Å². The molecule has 0 radical (unpaired) electrons. The SMILES string of the molecule is Cc1cc(F)c(Br)cc1NC(=O)N1CCC(C)C1C(=O)O. The van der Waals surface area contributed by atoms with Gasteiger partial charge < -0.3 is 15.3 Å². The van der Waals surface area contributed by atoms with Gasteiger partial charge in [-0.25, -0.2) is 14.0 Å². The summed E-state index contributed by atoms with van der Waals surface area (Å²) in [5.74, 6) is -1.51. The highest BCUT2D eigenvalue weighted by Gasteiger charge is 2.39. The monoisotopic (exact) mass is 358 g/mol. The maximum absolute atomic E-state index is 13.4. The van der Waals surface area contributed by atoms with Gasteiger partial charge in [0.1, 0.15) is 11.9 Å². The van der Waals surface area contributed by atoms with Gasteiger partial charge in [-0.1, -0.05) is 6.92 Å². The summed E-state index contributed by atoms with van der Waals surface area (Å²) >= 11 is 3.06. The summed E-state index contributed by atoms with van der Waals surface area (Å²) in [6.45, 7) is 3.88. The Bertz CT molecular complexity index is 594. The van der Waals surface area contributed by atoms with Gasteiger partial charge in [0.05, 0.1) is 4.47 Å². The average molecular weight is 359 g/mol. The number of carboxylic acid groups (broad SMARTS) is 1. The molecule has 1 aromatic carbocycles. The predicted molar refractivity (Wildman–Crippen MR) is 79.8 cm³/mol. The van der Waals surface area contributed by atoms with Crippen molar-refractivity contribution in [3.63, 3.8) is 0 Å². The lowest BCUT2D eigenvalue weighted by Gasteiger charge is -2.24. The van der Waals surface area contributed by atoms with Gasteiger partial charge in [-0.05, 0) is 52.9 Å². The van der Waals surface area contributed by atoms with Crippen LogP contribution in [0.25, 0.3) is 0 Å². The number of hydrogen-bond acceptors (Lipinski definition) is 2. The van der Waals surface area contributed by atoms with E-state index in [0.29, 0.717) is 24.2 Å². The fourth-order valence-corrected chi connectivity index (χ4v) is 2.86. The highest BCUT2D eigenvalue weighted by Crippen LogP contribution is 2.27. The van der Waals surface area contributed by atoms with Crippen LogP contribution in [-0.2, 0) is 4.79 Å². The van der Waals surface area contributed by atoms with E-state index in [2.05, 4.69) is 21.2 Å². The molecule has 0 bridgehead atoms. The second-order valence-electron chi connectivity index (χ2n) is 5.25. The van der Waals surface area contributed by atoms with Crippen molar-refractivity contribution in [2.24, 2.45) is 5.92 Å². The van der Waals surface area contributed by atoms with Crippen molar-refractivity contribution < 1.29 is 19.1 Å². The molecule has 0 aliphatic carbocycles. The molecule has 21 heavy (non-hydrogen) atoms. The van der Waals surface area contributed by atoms with Crippen molar-refractivity contribution in [2.45, 2.75) is 26.3 Å². The van der Waals surface area contributed by atoms with E-state index in [1.54, 1.807) is 6.92 Å². The summed E-state index contributed by atoms with van der Waals surface area (Å²) in [4.78, 5) is 24.8. The number of urea groups is 1. The minimum absolute atomic E-state index is 0.0886. The highest BCUT2D eigenvalue weighted by atomic mass is 79.9. The van der Waals surface area contributed by atoms with Crippen molar-refractivity contribution in [1.29, 1.82) is 0 Å². The molecular weight excluding hydrogens is 343 g/mol. The van der Waals surface area contributed by atoms with Gasteiger partial charge in [0.15, 0.2) is 0 Å². The van der Waals surface area contributed by atoms with Crippen LogP contribution in [0.5, 0.6) is 0 Å². The van der Waals surface area contributed by atoms with Crippen molar-refractivity contribution >= 4 is 33.6 Å². The number of likely N-dealkylation sites (tertiary alicyclic amines) is 1. The van der Waals surface area contributed by atoms with Gasteiger partial charge in [0.2, 0.25) is 0 Å². The van der Waals surface area contributed by atoms with Gasteiger partial charge >= 0.3 is 12.0 Å². The van der Waals surface area contributed by atoms with Gasteiger partial charge in [-0.3, -0.25) is 0 Å². The molecule has 1 aromatic rings. The lowest BCUT2D eigenvalue weighted by atomic mass is 10.0. The number of aryl methyl sites for hydroxylation is 1. The lowest BCUT2D eigenvalue weighted by Crippen LogP contribution is -2.44. The molecule has 1 fully saturated rings. The molecule has 1 aliphatic heterocycles. The van der Waals surface area contributed by atoms with E-state index in [0.717, 1.165) is 0 Å². The van der Waals surface area contributed by atoms with Crippen LogP contribution in [0.2, 0.25) is 0 Å². The number of carbonyl (C=O) groups excluding carboxylic acids is 1. The summed E-state index contributed by atoms with van der Waals surface area (Å²) in [6.07, 6.45) is 0.649. The maximum atomic E-state index is 13.4. The van der Waals surface area contributed by atoms with E-state index >= 15 is 0 Å². The molecule has 1 saturated heterocycles. The number of hydrogen-bond donors (Lipinski definition) is 2. The minimum Gasteiger partial charge on any atom is -0.480 e. The van der Waals surface area contributed by atoms with Crippen molar-refractivity contribution in [3.8, 4) is 0 Å². The number of aliphatic carboxylic acids is 1. The van der Waals surface area contributed by atoms with Crippen LogP contribution in [0, 0.1) is 18.7 Å². The number of carbonyl (C=O) groups is 2. The number of anilines is 1. The van der Waals surface area contributed by atoms with Gasteiger partial charge in [0.25, 0.3) is 0 Å². The number of amides is 2. The fourth-order valence-electron chi connectivity index (χ4n) is 2.52. The number of nitrogens with zero attached hydrogens (tertiary/aromatic N) is 1. The molecular formula is C14H16BrFN2O3. The third kappa shape index (κ3) is 3.18. The third-order valence-corrected chi connectivity index (χ3v) is 4.33. The second kappa shape index (κ2) is 6.01. The van der Waals surface area contributed by atoms with E-state index in [1.165, 1.54) is 17.0 Å². The summed E-state index contributed by atoms with van der Waals surface area (Å²) in [6, 6.07) is 1.47. The second-order valence-corrected chi connectivity index (χ2v) is 6.11. The van der Waals surface area contributed by atoms with Crippen molar-refractivity contribution in [3.05, 3.63) is 28.0 Å². The maximum Gasteiger partial charge on any atom is 0.326 e. The van der Waals surface area contributed by atoms with Crippen LogP contribution in [0.1, 0.15) is 18.9 Å². The van der Waals surface area contributed by atoms with Crippen LogP contribution in [0.4, 0.5) is 14.9 Å². The Balaban J connectivity index is 2.18. The Morgan fingerprint density at radius 3 is 2.76 bits per heavy atom. The molecule has 114 valence electrons. The molecule has 2 amide bonds. The van der Waals surface area contributed by atoms with Gasteiger partial charge in [0, 0.05) is 12.2 Å². The fraction of sp³-hybridized carbons (Fsp3) is 0.429. The summed E-state index contributed by atoms with van der Waals surface area (Å²) in [5.41, 5.74) is 1.03. The number of halogens is 2. The first-order valence-electron chi connectivity index (χ1n) is 6.57. The van der Waals surface area contributed by atoms with E-state index < -0.39 is 23.9 Å². The summed E-state index contributed by atoms with van der Waals surface area (Å²) < 4.78 is 13.6. The zero-order valence-electron chi connectivity index (χ0n) is 11.7. The molecule has 2 rings (SSSR count). The first kappa shape index (κ1) is 15.8. The predicted octanol–water partition coefficient (Wildman–Crippen LogP) is 3.22. The summed E-state index contributed by atoms with van der Waals surface area (Å²) in [5, 5.41) is 11.9. The Morgan fingerprint density at radius 1 is 1.48 bits per heavy atom. The van der Waals surface area contributed by atoms with Crippen LogP contribution < -0.4 is 5.32 Å². The normalized spacial score (nSPS) is 21.4. The molecule has 1 aliphatic rings. The van der Waals surface area contributed by atoms with Gasteiger partial charge in [-0.15, -0.1) is 0 Å². The lowest BCUT2D eigenvalue weighted by molar-refractivity contribution is -0.142. The van der Waals surface area contributed by atoms with E-state index in [4.69, 9.17) is 0 Å². The first-order valence-corrected chi connectivity index (χ1v) is 7.36. The topological polar surface area (TPSA) is 69.6 Å². The van der Waals surface area contributed by atoms with Crippen LogP contribution in [-0.4, -0.2) is 34.6 Å². The molecule has 2 atom stereocenters. The molecule has 2 N–H and O–H groups in total. The molecule has 0 saturated carbocycles. The minimum atomic E-state index is -1.01. The number of nitrogens with one attached hydrogen (secondary N) is 1. The van der Waals surface area contributed by atoms with Crippen LogP contribution >= 0.6 is 15.9 Å². The van der Waals surface area contributed by atoms with Crippen LogP contribution in [0.15, 0.2) is 16.6 Å². The first-order chi connectivity index (χ1) is 9.81. The van der Waals surface area contributed by atoms with E-state index in [9.17, 15) is 19.1 Å². The zero-order chi connectivity index (χ0) is 15.7. The number of carboxylic acids is 1. The van der Waals surface area contributed by atoms with E-state index in [1.807, 2.05) is 6.92 Å². The molecule has 5 nitrogen and oxygen atoms in total. The quantitative estimate of drug-likeness (QED) is 0.852. The van der Waals surface area contributed by atoms with Crippen LogP contribution in [0.3, 0.4) is 0 Å². The largest absolute Gasteiger partial charge is 0.480 e. The smallest absolute Gasteiger partial charge is 0.326 e. The molecule has 7 heteroatoms. The summed E-state index contributed by atoms with van der Waals surface area (Å²) in [7, 11) is 0. The van der Waals surface area contributed by atoms with E-state index in [-0.39, 0.29) is 10.4 Å². The Kier molecular flexibility index (Phi) is 4.51. The Hall–Kier alpha value is -1.63. The highest BCUT2D eigenvalue weighted by molar-refractivity contribution is 9.10. The number of rotatable bonds is 2. The third-order valence-electron chi connectivity index (χ3n) is 3.72. The zero-order valence-corrected chi connectivity index (χ0v) is 13.3.